The van der Waals surface area contributed by atoms with Gasteiger partial charge in [0.15, 0.2) is 0 Å². The van der Waals surface area contributed by atoms with Crippen LogP contribution in [0.3, 0.4) is 0 Å². The van der Waals surface area contributed by atoms with E-state index in [0.29, 0.717) is 5.92 Å². The summed E-state index contributed by atoms with van der Waals surface area (Å²) in [6, 6.07) is 15.8. The molecule has 4 heteroatoms. The fraction of sp³-hybridized carbons (Fsp3) is 0.333. The molecule has 0 heterocycles. The molecule has 0 aliphatic rings. The summed E-state index contributed by atoms with van der Waals surface area (Å²) in [5.41, 5.74) is 2.12. The lowest BCUT2D eigenvalue weighted by atomic mass is 10.2. The van der Waals surface area contributed by atoms with Crippen LogP contribution in [0.2, 0.25) is 5.02 Å². The molecule has 0 saturated carbocycles. The molecule has 0 atom stereocenters. The van der Waals surface area contributed by atoms with Crippen LogP contribution in [0.25, 0.3) is 0 Å². The number of halogens is 1. The van der Waals surface area contributed by atoms with Crippen molar-refractivity contribution in [3.05, 3.63) is 53.6 Å². The Bertz CT molecular complexity index is 570. The van der Waals surface area contributed by atoms with Gasteiger partial charge in [-0.05, 0) is 48.4 Å². The van der Waals surface area contributed by atoms with Gasteiger partial charge in [-0.15, -0.1) is 0 Å². The number of anilines is 2. The molecule has 2 N–H and O–H groups in total. The minimum atomic E-state index is 0.537. The molecule has 0 radical (unpaired) electrons. The molecule has 22 heavy (non-hydrogen) atoms. The van der Waals surface area contributed by atoms with Gasteiger partial charge in [-0.3, -0.25) is 0 Å². The van der Waals surface area contributed by atoms with E-state index in [-0.39, 0.29) is 0 Å². The van der Waals surface area contributed by atoms with Crippen LogP contribution >= 0.6 is 11.6 Å². The predicted octanol–water partition coefficient (Wildman–Crippen LogP) is 4.90. The molecule has 0 bridgehead atoms. The Balaban J connectivity index is 1.70. The molecule has 0 spiro atoms. The average Bonchev–Trinajstić information content (AvgIpc) is 2.51. The van der Waals surface area contributed by atoms with Crippen LogP contribution < -0.4 is 15.4 Å². The van der Waals surface area contributed by atoms with Crippen molar-refractivity contribution in [3.8, 4) is 5.75 Å². The molecule has 2 aromatic carbocycles. The summed E-state index contributed by atoms with van der Waals surface area (Å²) in [5, 5.41) is 7.44. The van der Waals surface area contributed by atoms with Crippen molar-refractivity contribution in [2.45, 2.75) is 13.8 Å². The number of hydrogen-bond acceptors (Lipinski definition) is 3. The molecule has 0 amide bonds. The molecule has 0 aliphatic heterocycles. The van der Waals surface area contributed by atoms with Crippen LogP contribution in [0.5, 0.6) is 5.75 Å². The molecule has 3 nitrogen and oxygen atoms in total. The van der Waals surface area contributed by atoms with E-state index >= 15 is 0 Å². The second-order valence-corrected chi connectivity index (χ2v) is 6.03. The van der Waals surface area contributed by atoms with Gasteiger partial charge >= 0.3 is 0 Å². The van der Waals surface area contributed by atoms with Crippen LogP contribution in [0.4, 0.5) is 11.4 Å². The zero-order valence-corrected chi connectivity index (χ0v) is 13.9. The van der Waals surface area contributed by atoms with Crippen LogP contribution in [-0.4, -0.2) is 19.7 Å². The topological polar surface area (TPSA) is 33.3 Å². The lowest BCUT2D eigenvalue weighted by molar-refractivity contribution is 0.271. The van der Waals surface area contributed by atoms with E-state index in [4.69, 9.17) is 16.3 Å². The normalized spacial score (nSPS) is 10.5. The van der Waals surface area contributed by atoms with Crippen molar-refractivity contribution in [1.29, 1.82) is 0 Å². The summed E-state index contributed by atoms with van der Waals surface area (Å²) in [6.07, 6.45) is 0. The summed E-state index contributed by atoms with van der Waals surface area (Å²) < 4.78 is 5.66. The minimum Gasteiger partial charge on any atom is -0.493 e. The first-order valence-corrected chi connectivity index (χ1v) is 7.97. The highest BCUT2D eigenvalue weighted by molar-refractivity contribution is 6.30. The monoisotopic (exact) mass is 318 g/mol. The summed E-state index contributed by atoms with van der Waals surface area (Å²) >= 11 is 5.95. The third-order valence-electron chi connectivity index (χ3n) is 3.05. The first-order chi connectivity index (χ1) is 10.6. The fourth-order valence-corrected chi connectivity index (χ4v) is 2.13. The van der Waals surface area contributed by atoms with E-state index in [1.807, 2.05) is 48.5 Å². The SMILES string of the molecule is CC(C)COc1ccc(NCCNc2cccc(Cl)c2)cc1. The lowest BCUT2D eigenvalue weighted by Crippen LogP contribution is -2.13. The molecule has 0 fully saturated rings. The van der Waals surface area contributed by atoms with Crippen LogP contribution in [0.15, 0.2) is 48.5 Å². The first kappa shape index (κ1) is 16.5. The average molecular weight is 319 g/mol. The van der Waals surface area contributed by atoms with E-state index < -0.39 is 0 Å². The van der Waals surface area contributed by atoms with E-state index in [9.17, 15) is 0 Å². The Labute approximate surface area is 137 Å². The Morgan fingerprint density at radius 2 is 1.64 bits per heavy atom. The molecule has 0 unspecified atom stereocenters. The maximum Gasteiger partial charge on any atom is 0.119 e. The molecular weight excluding hydrogens is 296 g/mol. The second kappa shape index (κ2) is 8.54. The van der Waals surface area contributed by atoms with Crippen molar-refractivity contribution < 1.29 is 4.74 Å². The summed E-state index contributed by atoms with van der Waals surface area (Å²) in [5.74, 6) is 1.45. The van der Waals surface area contributed by atoms with Gasteiger partial charge in [0, 0.05) is 29.5 Å². The van der Waals surface area contributed by atoms with Gasteiger partial charge in [0.1, 0.15) is 5.75 Å². The van der Waals surface area contributed by atoms with E-state index in [0.717, 1.165) is 41.8 Å². The van der Waals surface area contributed by atoms with Gasteiger partial charge in [-0.1, -0.05) is 31.5 Å². The smallest absolute Gasteiger partial charge is 0.119 e. The molecular formula is C18H23ClN2O. The van der Waals surface area contributed by atoms with Gasteiger partial charge in [0.25, 0.3) is 0 Å². The number of benzene rings is 2. The molecule has 0 saturated heterocycles. The van der Waals surface area contributed by atoms with Crippen LogP contribution in [0.1, 0.15) is 13.8 Å². The molecule has 118 valence electrons. The number of ether oxygens (including phenoxy) is 1. The number of nitrogens with one attached hydrogen (secondary N) is 2. The fourth-order valence-electron chi connectivity index (χ4n) is 1.94. The summed E-state index contributed by atoms with van der Waals surface area (Å²) in [7, 11) is 0. The first-order valence-electron chi connectivity index (χ1n) is 7.59. The highest BCUT2D eigenvalue weighted by Gasteiger charge is 1.98. The molecule has 2 rings (SSSR count). The second-order valence-electron chi connectivity index (χ2n) is 5.59. The summed E-state index contributed by atoms with van der Waals surface area (Å²) in [6.45, 7) is 6.69. The Morgan fingerprint density at radius 1 is 0.955 bits per heavy atom. The third kappa shape index (κ3) is 5.86. The lowest BCUT2D eigenvalue weighted by Gasteiger charge is -2.11. The quantitative estimate of drug-likeness (QED) is 0.679. The van der Waals surface area contributed by atoms with Crippen molar-refractivity contribution in [2.75, 3.05) is 30.3 Å². The number of rotatable bonds is 8. The highest BCUT2D eigenvalue weighted by Crippen LogP contribution is 2.17. The van der Waals surface area contributed by atoms with Crippen molar-refractivity contribution in [1.82, 2.24) is 0 Å². The summed E-state index contributed by atoms with van der Waals surface area (Å²) in [4.78, 5) is 0. The third-order valence-corrected chi connectivity index (χ3v) is 3.28. The van der Waals surface area contributed by atoms with Crippen molar-refractivity contribution in [2.24, 2.45) is 5.92 Å². The maximum atomic E-state index is 5.95. The van der Waals surface area contributed by atoms with E-state index in [1.54, 1.807) is 0 Å². The molecule has 0 aliphatic carbocycles. The molecule has 2 aromatic rings. The standard InChI is InChI=1S/C18H23ClN2O/c1-14(2)13-22-18-8-6-16(7-9-18)20-10-11-21-17-5-3-4-15(19)12-17/h3-9,12,14,20-21H,10-11,13H2,1-2H3. The Kier molecular flexibility index (Phi) is 6.41. The number of hydrogen-bond donors (Lipinski definition) is 2. The minimum absolute atomic E-state index is 0.537. The van der Waals surface area contributed by atoms with Gasteiger partial charge in [-0.2, -0.15) is 0 Å². The Morgan fingerprint density at radius 3 is 2.27 bits per heavy atom. The zero-order chi connectivity index (χ0) is 15.8. The van der Waals surface area contributed by atoms with Gasteiger partial charge in [-0.25, -0.2) is 0 Å². The Hall–Kier alpha value is -1.87. The van der Waals surface area contributed by atoms with Gasteiger partial charge < -0.3 is 15.4 Å². The van der Waals surface area contributed by atoms with E-state index in [2.05, 4.69) is 24.5 Å². The largest absolute Gasteiger partial charge is 0.493 e. The maximum absolute atomic E-state index is 5.95. The van der Waals surface area contributed by atoms with Crippen LogP contribution in [0, 0.1) is 5.92 Å². The van der Waals surface area contributed by atoms with Crippen molar-refractivity contribution >= 4 is 23.0 Å². The van der Waals surface area contributed by atoms with Gasteiger partial charge in [0.05, 0.1) is 6.61 Å². The van der Waals surface area contributed by atoms with Crippen LogP contribution in [-0.2, 0) is 0 Å². The van der Waals surface area contributed by atoms with Gasteiger partial charge in [0.2, 0.25) is 0 Å². The van der Waals surface area contributed by atoms with E-state index in [1.165, 1.54) is 0 Å². The zero-order valence-electron chi connectivity index (χ0n) is 13.1. The predicted molar refractivity (Wildman–Crippen MR) is 95.2 cm³/mol. The van der Waals surface area contributed by atoms with Crippen molar-refractivity contribution in [3.63, 3.8) is 0 Å². The molecule has 0 aromatic heterocycles. The highest BCUT2D eigenvalue weighted by atomic mass is 35.5.